The van der Waals surface area contributed by atoms with Gasteiger partial charge in [-0.1, -0.05) is 0 Å². The molecule has 0 unspecified atom stereocenters. The maximum absolute atomic E-state index is 9.89. The van der Waals surface area contributed by atoms with Crippen LogP contribution in [-0.2, 0) is 5.11 Å². The second-order valence-electron chi connectivity index (χ2n) is 2.01. The van der Waals surface area contributed by atoms with E-state index < -0.39 is 0 Å². The molecular formula is C4H8NO. The lowest BCUT2D eigenvalue weighted by Gasteiger charge is -1.94. The molecule has 0 amide bonds. The van der Waals surface area contributed by atoms with E-state index in [0.717, 1.165) is 12.8 Å². The van der Waals surface area contributed by atoms with Gasteiger partial charge in [-0.05, 0) is 12.8 Å². The summed E-state index contributed by atoms with van der Waals surface area (Å²) in [6, 6.07) is 0. The summed E-state index contributed by atoms with van der Waals surface area (Å²) in [4.78, 5) is 0. The highest BCUT2D eigenvalue weighted by atomic mass is 16.3. The number of hydrogen-bond acceptors (Lipinski definition) is 1. The van der Waals surface area contributed by atoms with Crippen molar-refractivity contribution < 1.29 is 5.11 Å². The quantitative estimate of drug-likeness (QED) is 0.476. The lowest BCUT2D eigenvalue weighted by atomic mass is 10.3. The second kappa shape index (κ2) is 0.950. The van der Waals surface area contributed by atoms with Crippen LogP contribution in [-0.4, -0.2) is 12.1 Å². The summed E-state index contributed by atoms with van der Waals surface area (Å²) in [6.07, 6.45) is 1.88. The van der Waals surface area contributed by atoms with Crippen molar-refractivity contribution in [3.05, 3.63) is 0 Å². The first kappa shape index (κ1) is 4.09. The molecule has 2 heteroatoms. The first-order valence-corrected chi connectivity index (χ1v) is 2.14. The van der Waals surface area contributed by atoms with Gasteiger partial charge in [0.15, 0.2) is 0 Å². The Hall–Kier alpha value is -0.0800. The maximum atomic E-state index is 9.89. The van der Waals surface area contributed by atoms with Gasteiger partial charge in [0.2, 0.25) is 0 Å². The molecule has 0 saturated heterocycles. The topological polar surface area (TPSA) is 45.9 Å². The average molecular weight is 86.1 g/mol. The van der Waals surface area contributed by atoms with E-state index in [-0.39, 0.29) is 12.1 Å². The third kappa shape index (κ3) is 0.533. The van der Waals surface area contributed by atoms with E-state index in [0.29, 0.717) is 0 Å². The van der Waals surface area contributed by atoms with Crippen LogP contribution in [0.15, 0.2) is 0 Å². The summed E-state index contributed by atoms with van der Waals surface area (Å²) in [7, 11) is 0. The zero-order chi connectivity index (χ0) is 4.62. The Kier molecular flexibility index (Phi) is 0.648. The van der Waals surface area contributed by atoms with Gasteiger partial charge < -0.3 is 5.73 Å². The van der Waals surface area contributed by atoms with Gasteiger partial charge in [-0.25, -0.2) is 5.11 Å². The minimum absolute atomic E-state index is 0.0903. The van der Waals surface area contributed by atoms with Crippen LogP contribution in [0.2, 0.25) is 0 Å². The van der Waals surface area contributed by atoms with Gasteiger partial charge in [-0.15, -0.1) is 0 Å². The van der Waals surface area contributed by atoms with Gasteiger partial charge in [-0.3, -0.25) is 0 Å². The van der Waals surface area contributed by atoms with Crippen LogP contribution in [0.1, 0.15) is 12.8 Å². The molecule has 6 heavy (non-hydrogen) atoms. The van der Waals surface area contributed by atoms with Crippen LogP contribution in [0, 0.1) is 0 Å². The van der Waals surface area contributed by atoms with Crippen molar-refractivity contribution in [2.45, 2.75) is 18.4 Å². The predicted octanol–water partition coefficient (Wildman–Crippen LogP) is -0.0918. The lowest BCUT2D eigenvalue weighted by Crippen LogP contribution is -2.24. The van der Waals surface area contributed by atoms with Crippen molar-refractivity contribution in [3.63, 3.8) is 0 Å². The van der Waals surface area contributed by atoms with E-state index in [9.17, 15) is 5.11 Å². The molecule has 1 aliphatic carbocycles. The van der Waals surface area contributed by atoms with Gasteiger partial charge in [-0.2, -0.15) is 0 Å². The Bertz CT molecular complexity index is 58.6. The molecule has 0 atom stereocenters. The average Bonchev–Trinajstić information content (AvgIpc) is 2.22. The first-order chi connectivity index (χ1) is 2.77. The van der Waals surface area contributed by atoms with Gasteiger partial charge in [0.1, 0.15) is 6.61 Å². The summed E-state index contributed by atoms with van der Waals surface area (Å²) in [6.45, 7) is -0.0903. The molecule has 35 valence electrons. The van der Waals surface area contributed by atoms with Crippen LogP contribution in [0.25, 0.3) is 0 Å². The molecule has 0 aromatic rings. The van der Waals surface area contributed by atoms with Gasteiger partial charge in [0.25, 0.3) is 0 Å². The Morgan fingerprint density at radius 1 is 1.67 bits per heavy atom. The molecule has 1 saturated carbocycles. The fourth-order valence-electron chi connectivity index (χ4n) is 0.305. The van der Waals surface area contributed by atoms with Gasteiger partial charge in [0.05, 0.1) is 0 Å². The van der Waals surface area contributed by atoms with Crippen molar-refractivity contribution in [1.29, 1.82) is 0 Å². The molecule has 0 aromatic heterocycles. The summed E-state index contributed by atoms with van der Waals surface area (Å²) in [5.74, 6) is 0. The summed E-state index contributed by atoms with van der Waals surface area (Å²) >= 11 is 0. The highest BCUT2D eigenvalue weighted by Crippen LogP contribution is 2.30. The summed E-state index contributed by atoms with van der Waals surface area (Å²) < 4.78 is 0. The molecule has 1 aliphatic rings. The molecule has 1 rings (SSSR count). The fraction of sp³-hybridized carbons (Fsp3) is 1.00. The van der Waals surface area contributed by atoms with Gasteiger partial charge >= 0.3 is 0 Å². The Labute approximate surface area is 37.0 Å². The van der Waals surface area contributed by atoms with Crippen molar-refractivity contribution in [1.82, 2.24) is 0 Å². The fourth-order valence-corrected chi connectivity index (χ4v) is 0.305. The van der Waals surface area contributed by atoms with Crippen molar-refractivity contribution in [2.24, 2.45) is 5.73 Å². The number of rotatable bonds is 1. The highest BCUT2D eigenvalue weighted by molar-refractivity contribution is 4.97. The lowest BCUT2D eigenvalue weighted by molar-refractivity contribution is 0.165. The number of hydrogen-bond donors (Lipinski definition) is 1. The van der Waals surface area contributed by atoms with Crippen LogP contribution in [0.4, 0.5) is 0 Å². The van der Waals surface area contributed by atoms with Crippen molar-refractivity contribution >= 4 is 0 Å². The molecule has 0 bridgehead atoms. The SMILES string of the molecule is NC1(C[O])CC1. The zero-order valence-electron chi connectivity index (χ0n) is 3.61. The Morgan fingerprint density at radius 3 is 2.17 bits per heavy atom. The molecule has 1 radical (unpaired) electrons. The summed E-state index contributed by atoms with van der Waals surface area (Å²) in [5.41, 5.74) is 5.07. The predicted molar refractivity (Wildman–Crippen MR) is 21.7 cm³/mol. The van der Waals surface area contributed by atoms with Crippen LogP contribution in [0.3, 0.4) is 0 Å². The van der Waals surface area contributed by atoms with E-state index in [1.807, 2.05) is 0 Å². The Morgan fingerprint density at radius 2 is 2.17 bits per heavy atom. The van der Waals surface area contributed by atoms with Crippen molar-refractivity contribution in [3.8, 4) is 0 Å². The first-order valence-electron chi connectivity index (χ1n) is 2.14. The molecular weight excluding hydrogens is 78.0 g/mol. The summed E-state index contributed by atoms with van der Waals surface area (Å²) in [5, 5.41) is 9.89. The third-order valence-corrected chi connectivity index (χ3v) is 1.18. The van der Waals surface area contributed by atoms with Crippen LogP contribution < -0.4 is 5.73 Å². The monoisotopic (exact) mass is 86.1 g/mol. The van der Waals surface area contributed by atoms with Crippen molar-refractivity contribution in [2.75, 3.05) is 6.61 Å². The Balaban J connectivity index is 2.28. The van der Waals surface area contributed by atoms with E-state index in [1.165, 1.54) is 0 Å². The molecule has 0 aliphatic heterocycles. The van der Waals surface area contributed by atoms with E-state index in [1.54, 1.807) is 0 Å². The highest BCUT2D eigenvalue weighted by Gasteiger charge is 2.37. The minimum atomic E-state index is -0.264. The molecule has 2 N–H and O–H groups in total. The number of nitrogens with two attached hydrogens (primary N) is 1. The largest absolute Gasteiger partial charge is 0.323 e. The third-order valence-electron chi connectivity index (χ3n) is 1.18. The smallest absolute Gasteiger partial charge is 0.100 e. The van der Waals surface area contributed by atoms with Gasteiger partial charge in [0, 0.05) is 5.54 Å². The molecule has 2 nitrogen and oxygen atoms in total. The second-order valence-corrected chi connectivity index (χ2v) is 2.01. The minimum Gasteiger partial charge on any atom is -0.323 e. The zero-order valence-corrected chi connectivity index (χ0v) is 3.61. The molecule has 0 aromatic carbocycles. The normalized spacial score (nSPS) is 27.0. The standard InChI is InChI=1S/C4H8NO/c5-4(3-6)1-2-4/h1-3,5H2. The van der Waals surface area contributed by atoms with Crippen LogP contribution >= 0.6 is 0 Å². The van der Waals surface area contributed by atoms with E-state index in [4.69, 9.17) is 5.73 Å². The molecule has 0 heterocycles. The van der Waals surface area contributed by atoms with E-state index >= 15 is 0 Å². The maximum Gasteiger partial charge on any atom is 0.100 e. The molecule has 1 fully saturated rings. The van der Waals surface area contributed by atoms with Crippen LogP contribution in [0.5, 0.6) is 0 Å². The van der Waals surface area contributed by atoms with E-state index in [2.05, 4.69) is 0 Å². The molecule has 0 spiro atoms.